The number of hydrogen-bond acceptors (Lipinski definition) is 3. The molecule has 2 N–H and O–H groups in total. The predicted octanol–water partition coefficient (Wildman–Crippen LogP) is 1.48. The molecule has 18 heavy (non-hydrogen) atoms. The normalized spacial score (nSPS) is 22.9. The smallest absolute Gasteiger partial charge is 0.227 e. The van der Waals surface area contributed by atoms with Crippen LogP contribution >= 0.6 is 0 Å². The molecule has 1 amide bonds. The maximum Gasteiger partial charge on any atom is 0.227 e. The molecule has 4 nitrogen and oxygen atoms in total. The number of hydrogen-bond donors (Lipinski definition) is 2. The molecule has 4 heteroatoms. The highest BCUT2D eigenvalue weighted by Crippen LogP contribution is 2.31. The molecule has 104 valence electrons. The summed E-state index contributed by atoms with van der Waals surface area (Å²) in [6.07, 6.45) is 5.65. The van der Waals surface area contributed by atoms with Crippen molar-refractivity contribution in [3.05, 3.63) is 12.7 Å². The van der Waals surface area contributed by atoms with Crippen LogP contribution < -0.4 is 10.6 Å². The first-order valence-electron chi connectivity index (χ1n) is 6.93. The molecule has 0 saturated carbocycles. The molecule has 1 rings (SSSR count). The molecule has 1 atom stereocenters. The van der Waals surface area contributed by atoms with E-state index in [0.717, 1.165) is 38.8 Å². The molecule has 1 fully saturated rings. The van der Waals surface area contributed by atoms with Crippen molar-refractivity contribution < 1.29 is 9.53 Å². The van der Waals surface area contributed by atoms with Gasteiger partial charge in [0.05, 0.1) is 18.6 Å². The summed E-state index contributed by atoms with van der Waals surface area (Å²) >= 11 is 0. The summed E-state index contributed by atoms with van der Waals surface area (Å²) in [6.45, 7) is 9.38. The summed E-state index contributed by atoms with van der Waals surface area (Å²) < 4.78 is 5.38. The highest BCUT2D eigenvalue weighted by atomic mass is 16.5. The first-order valence-corrected chi connectivity index (χ1v) is 6.93. The molecule has 0 aromatic carbocycles. The predicted molar refractivity (Wildman–Crippen MR) is 73.5 cm³/mol. The fraction of sp³-hybridized carbons (Fsp3) is 0.786. The fourth-order valence-corrected chi connectivity index (χ4v) is 2.44. The van der Waals surface area contributed by atoms with Crippen molar-refractivity contribution in [2.24, 2.45) is 5.41 Å². The molecule has 0 spiro atoms. The lowest BCUT2D eigenvalue weighted by atomic mass is 9.81. The van der Waals surface area contributed by atoms with E-state index in [2.05, 4.69) is 24.1 Å². The zero-order valence-electron chi connectivity index (χ0n) is 11.5. The monoisotopic (exact) mass is 254 g/mol. The Bertz CT molecular complexity index is 261. The van der Waals surface area contributed by atoms with Crippen molar-refractivity contribution in [2.45, 2.75) is 32.6 Å². The van der Waals surface area contributed by atoms with E-state index in [9.17, 15) is 4.79 Å². The standard InChI is InChI=1S/C14H26N2O2/c1-3-5-10-18-11-9-16-13(17)14(6-4-2)7-8-15-12-14/h3,15H,1,4-12H2,2H3,(H,16,17). The molecule has 0 aromatic rings. The van der Waals surface area contributed by atoms with Crippen LogP contribution in [0.4, 0.5) is 0 Å². The van der Waals surface area contributed by atoms with Gasteiger partial charge < -0.3 is 15.4 Å². The van der Waals surface area contributed by atoms with Gasteiger partial charge in [0.1, 0.15) is 0 Å². The summed E-state index contributed by atoms with van der Waals surface area (Å²) in [5, 5.41) is 6.29. The highest BCUT2D eigenvalue weighted by molar-refractivity contribution is 5.83. The van der Waals surface area contributed by atoms with Gasteiger partial charge in [0.2, 0.25) is 5.91 Å². The molecule has 0 bridgehead atoms. The largest absolute Gasteiger partial charge is 0.379 e. The summed E-state index contributed by atoms with van der Waals surface area (Å²) in [4.78, 5) is 12.2. The van der Waals surface area contributed by atoms with E-state index in [4.69, 9.17) is 4.74 Å². The van der Waals surface area contributed by atoms with Crippen molar-refractivity contribution in [3.8, 4) is 0 Å². The maximum atomic E-state index is 12.2. The molecular formula is C14H26N2O2. The van der Waals surface area contributed by atoms with Crippen molar-refractivity contribution >= 4 is 5.91 Å². The summed E-state index contributed by atoms with van der Waals surface area (Å²) in [6, 6.07) is 0. The summed E-state index contributed by atoms with van der Waals surface area (Å²) in [5.74, 6) is 0.182. The molecule has 1 heterocycles. The van der Waals surface area contributed by atoms with Crippen LogP contribution in [0.25, 0.3) is 0 Å². The van der Waals surface area contributed by atoms with Crippen molar-refractivity contribution in [3.63, 3.8) is 0 Å². The molecule has 0 radical (unpaired) electrons. The van der Waals surface area contributed by atoms with Gasteiger partial charge in [0, 0.05) is 13.1 Å². The molecule has 1 unspecified atom stereocenters. The van der Waals surface area contributed by atoms with Gasteiger partial charge in [-0.05, 0) is 25.8 Å². The van der Waals surface area contributed by atoms with Gasteiger partial charge in [-0.1, -0.05) is 19.4 Å². The van der Waals surface area contributed by atoms with E-state index in [-0.39, 0.29) is 11.3 Å². The first kappa shape index (κ1) is 15.2. The third kappa shape index (κ3) is 4.42. The topological polar surface area (TPSA) is 50.4 Å². The minimum absolute atomic E-state index is 0.182. The number of amides is 1. The number of ether oxygens (including phenoxy) is 1. The minimum Gasteiger partial charge on any atom is -0.379 e. The second-order valence-corrected chi connectivity index (χ2v) is 4.90. The van der Waals surface area contributed by atoms with E-state index in [1.807, 2.05) is 6.08 Å². The Morgan fingerprint density at radius 1 is 1.56 bits per heavy atom. The van der Waals surface area contributed by atoms with Crippen molar-refractivity contribution in [1.29, 1.82) is 0 Å². The van der Waals surface area contributed by atoms with Gasteiger partial charge in [-0.25, -0.2) is 0 Å². The van der Waals surface area contributed by atoms with Crippen LogP contribution in [0.3, 0.4) is 0 Å². The van der Waals surface area contributed by atoms with E-state index in [1.54, 1.807) is 0 Å². The number of carbonyl (C=O) groups excluding carboxylic acids is 1. The van der Waals surface area contributed by atoms with Gasteiger partial charge in [0.25, 0.3) is 0 Å². The third-order valence-electron chi connectivity index (χ3n) is 3.45. The quantitative estimate of drug-likeness (QED) is 0.484. The lowest BCUT2D eigenvalue weighted by Crippen LogP contribution is -2.43. The number of nitrogens with one attached hydrogen (secondary N) is 2. The second-order valence-electron chi connectivity index (χ2n) is 4.90. The molecule has 1 aliphatic rings. The minimum atomic E-state index is -0.185. The Morgan fingerprint density at radius 2 is 2.39 bits per heavy atom. The number of carbonyl (C=O) groups is 1. The zero-order chi connectivity index (χ0) is 13.3. The Kier molecular flexibility index (Phi) is 6.98. The first-order chi connectivity index (χ1) is 8.75. The Labute approximate surface area is 110 Å². The van der Waals surface area contributed by atoms with Crippen LogP contribution in [0.5, 0.6) is 0 Å². The number of rotatable bonds is 9. The van der Waals surface area contributed by atoms with Gasteiger partial charge in [-0.15, -0.1) is 6.58 Å². The van der Waals surface area contributed by atoms with Crippen molar-refractivity contribution in [1.82, 2.24) is 10.6 Å². The Morgan fingerprint density at radius 3 is 3.00 bits per heavy atom. The molecular weight excluding hydrogens is 228 g/mol. The SMILES string of the molecule is C=CCCOCCNC(=O)C1(CCC)CCNC1. The van der Waals surface area contributed by atoms with Crippen molar-refractivity contribution in [2.75, 3.05) is 32.8 Å². The van der Waals surface area contributed by atoms with Crippen LogP contribution in [0.1, 0.15) is 32.6 Å². The second kappa shape index (κ2) is 8.27. The Balaban J connectivity index is 2.23. The van der Waals surface area contributed by atoms with Gasteiger partial charge in [-0.3, -0.25) is 4.79 Å². The molecule has 0 aromatic heterocycles. The van der Waals surface area contributed by atoms with Gasteiger partial charge in [0.15, 0.2) is 0 Å². The average Bonchev–Trinajstić information content (AvgIpc) is 2.83. The van der Waals surface area contributed by atoms with Crippen LogP contribution in [0.15, 0.2) is 12.7 Å². The average molecular weight is 254 g/mol. The maximum absolute atomic E-state index is 12.2. The molecule has 1 aliphatic heterocycles. The van der Waals surface area contributed by atoms with Crippen LogP contribution in [0.2, 0.25) is 0 Å². The fourth-order valence-electron chi connectivity index (χ4n) is 2.44. The van der Waals surface area contributed by atoms with Gasteiger partial charge >= 0.3 is 0 Å². The van der Waals surface area contributed by atoms with E-state index in [0.29, 0.717) is 19.8 Å². The third-order valence-corrected chi connectivity index (χ3v) is 3.45. The lowest BCUT2D eigenvalue weighted by molar-refractivity contribution is -0.130. The molecule has 1 saturated heterocycles. The van der Waals surface area contributed by atoms with Crippen LogP contribution in [0, 0.1) is 5.41 Å². The lowest BCUT2D eigenvalue weighted by Gasteiger charge is -2.26. The van der Waals surface area contributed by atoms with Gasteiger partial charge in [-0.2, -0.15) is 0 Å². The zero-order valence-corrected chi connectivity index (χ0v) is 11.5. The van der Waals surface area contributed by atoms with E-state index in [1.165, 1.54) is 0 Å². The molecule has 0 aliphatic carbocycles. The van der Waals surface area contributed by atoms with Crippen LogP contribution in [-0.4, -0.2) is 38.8 Å². The highest BCUT2D eigenvalue weighted by Gasteiger charge is 2.39. The van der Waals surface area contributed by atoms with E-state index >= 15 is 0 Å². The Hall–Kier alpha value is -0.870. The van der Waals surface area contributed by atoms with E-state index < -0.39 is 0 Å². The van der Waals surface area contributed by atoms with Crippen LogP contribution in [-0.2, 0) is 9.53 Å². The summed E-state index contributed by atoms with van der Waals surface area (Å²) in [7, 11) is 0. The summed E-state index contributed by atoms with van der Waals surface area (Å²) in [5.41, 5.74) is -0.185.